The summed E-state index contributed by atoms with van der Waals surface area (Å²) in [5.41, 5.74) is 2.71. The number of anilines is 1. The molecule has 3 nitrogen and oxygen atoms in total. The Morgan fingerprint density at radius 2 is 1.46 bits per heavy atom. The molecule has 146 valence electrons. The Kier molecular flexibility index (Phi) is 7.97. The van der Waals surface area contributed by atoms with E-state index in [-0.39, 0.29) is 5.91 Å². The van der Waals surface area contributed by atoms with Crippen LogP contribution in [0.2, 0.25) is 21.6 Å². The van der Waals surface area contributed by atoms with Gasteiger partial charge in [-0.25, -0.2) is 0 Å². The maximum absolute atomic E-state index is 13.0. The first-order valence-electron chi connectivity index (χ1n) is 9.35. The van der Waals surface area contributed by atoms with Crippen LogP contribution in [0.3, 0.4) is 0 Å². The van der Waals surface area contributed by atoms with Gasteiger partial charge in [0.2, 0.25) is 0 Å². The topological polar surface area (TPSA) is 29.5 Å². The van der Waals surface area contributed by atoms with Gasteiger partial charge in [-0.3, -0.25) is 4.79 Å². The highest BCUT2D eigenvalue weighted by Gasteiger charge is 2.47. The van der Waals surface area contributed by atoms with E-state index in [4.69, 9.17) is 16.0 Å². The fourth-order valence-corrected chi connectivity index (χ4v) is 9.58. The smallest absolute Gasteiger partial charge is 0.258 e. The minimum Gasteiger partial charge on any atom is -0.546 e. The van der Waals surface area contributed by atoms with Gasteiger partial charge in [0.25, 0.3) is 14.2 Å². The molecule has 0 saturated carbocycles. The molecule has 0 aliphatic carbocycles. The molecule has 1 amide bonds. The Hall–Kier alpha value is -1.26. The zero-order valence-corrected chi connectivity index (χ0v) is 19.4. The molecule has 0 atom stereocenters. The average Bonchev–Trinajstić information content (AvgIpc) is 2.56. The molecular weight excluding hydrogens is 362 g/mol. The van der Waals surface area contributed by atoms with Crippen LogP contribution in [0.25, 0.3) is 0 Å². The molecule has 5 heteroatoms. The molecule has 0 heterocycles. The summed E-state index contributed by atoms with van der Waals surface area (Å²) in [7, 11) is -0.331. The number of benzene rings is 1. The lowest BCUT2D eigenvalue weighted by Gasteiger charge is -2.42. The predicted octanol–water partition coefficient (Wildman–Crippen LogP) is 6.79. The van der Waals surface area contributed by atoms with Crippen molar-refractivity contribution in [2.75, 3.05) is 11.9 Å². The fraction of sp³-hybridized carbons (Fsp3) is 0.571. The highest BCUT2D eigenvalue weighted by atomic mass is 35.5. The molecule has 0 saturated heterocycles. The van der Waals surface area contributed by atoms with Crippen molar-refractivity contribution in [1.82, 2.24) is 0 Å². The minimum absolute atomic E-state index is 0.0882. The predicted molar refractivity (Wildman–Crippen MR) is 115 cm³/mol. The van der Waals surface area contributed by atoms with Crippen LogP contribution in [0.4, 0.5) is 5.69 Å². The second kappa shape index (κ2) is 9.09. The van der Waals surface area contributed by atoms with Gasteiger partial charge in [-0.2, -0.15) is 0 Å². The molecule has 0 aliphatic heterocycles. The van der Waals surface area contributed by atoms with Crippen molar-refractivity contribution in [3.05, 3.63) is 40.6 Å². The second-order valence-electron chi connectivity index (χ2n) is 7.92. The maximum Gasteiger partial charge on any atom is 0.258 e. The Morgan fingerprint density at radius 3 is 1.88 bits per heavy atom. The molecule has 1 aromatic carbocycles. The molecular formula is C21H34ClNO2Si. The third kappa shape index (κ3) is 4.52. The van der Waals surface area contributed by atoms with E-state index >= 15 is 0 Å². The zero-order chi connectivity index (χ0) is 20.2. The van der Waals surface area contributed by atoms with E-state index in [9.17, 15) is 4.79 Å². The van der Waals surface area contributed by atoms with Gasteiger partial charge in [0.15, 0.2) is 0 Å². The van der Waals surface area contributed by atoms with Crippen molar-refractivity contribution in [1.29, 1.82) is 0 Å². The molecule has 0 bridgehead atoms. The number of carbonyl (C=O) groups is 1. The van der Waals surface area contributed by atoms with Crippen molar-refractivity contribution >= 4 is 31.5 Å². The lowest BCUT2D eigenvalue weighted by molar-refractivity contribution is -0.115. The van der Waals surface area contributed by atoms with E-state index < -0.39 is 8.32 Å². The third-order valence-corrected chi connectivity index (χ3v) is 11.8. The highest BCUT2D eigenvalue weighted by molar-refractivity contribution is 6.77. The summed E-state index contributed by atoms with van der Waals surface area (Å²) in [4.78, 5) is 14.6. The van der Waals surface area contributed by atoms with Gasteiger partial charge in [-0.1, -0.05) is 65.3 Å². The highest BCUT2D eigenvalue weighted by Crippen LogP contribution is 2.43. The summed E-state index contributed by atoms with van der Waals surface area (Å²) in [6.07, 6.45) is 0. The lowest BCUT2D eigenvalue weighted by atomic mass is 10.2. The van der Waals surface area contributed by atoms with E-state index in [1.807, 2.05) is 32.0 Å². The minimum atomic E-state index is -2.08. The third-order valence-electron chi connectivity index (χ3n) is 5.40. The van der Waals surface area contributed by atoms with Crippen molar-refractivity contribution in [2.45, 2.75) is 72.0 Å². The first kappa shape index (κ1) is 22.8. The van der Waals surface area contributed by atoms with Crippen LogP contribution in [0.15, 0.2) is 35.6 Å². The number of hydrogen-bond acceptors (Lipinski definition) is 2. The number of likely N-dealkylation sites (N-methyl/N-ethyl adjacent to an activating group) is 1. The van der Waals surface area contributed by atoms with Crippen LogP contribution in [0.1, 0.15) is 55.4 Å². The van der Waals surface area contributed by atoms with Crippen LogP contribution in [-0.2, 0) is 9.22 Å². The Labute approximate surface area is 165 Å². The van der Waals surface area contributed by atoms with E-state index in [0.717, 1.165) is 5.76 Å². The summed E-state index contributed by atoms with van der Waals surface area (Å²) >= 11 is 6.24. The molecule has 0 radical (unpaired) electrons. The number of para-hydroxylation sites is 1. The maximum atomic E-state index is 13.0. The Morgan fingerprint density at radius 1 is 1.00 bits per heavy atom. The van der Waals surface area contributed by atoms with Gasteiger partial charge in [-0.05, 0) is 42.6 Å². The molecule has 0 spiro atoms. The van der Waals surface area contributed by atoms with Crippen molar-refractivity contribution in [3.8, 4) is 0 Å². The number of hydrogen-bond donors (Lipinski definition) is 0. The van der Waals surface area contributed by atoms with Crippen LogP contribution >= 0.6 is 11.6 Å². The van der Waals surface area contributed by atoms with Crippen molar-refractivity contribution < 1.29 is 9.22 Å². The van der Waals surface area contributed by atoms with Gasteiger partial charge in [0, 0.05) is 7.05 Å². The number of amides is 1. The molecule has 0 N–H and O–H groups in total. The summed E-state index contributed by atoms with van der Waals surface area (Å²) in [6, 6.07) is 7.37. The van der Waals surface area contributed by atoms with E-state index in [0.29, 0.717) is 32.9 Å². The number of rotatable bonds is 7. The quantitative estimate of drug-likeness (QED) is 0.289. The second-order valence-corrected chi connectivity index (χ2v) is 13.7. The van der Waals surface area contributed by atoms with Crippen molar-refractivity contribution in [3.63, 3.8) is 0 Å². The molecule has 26 heavy (non-hydrogen) atoms. The van der Waals surface area contributed by atoms with Crippen LogP contribution in [-0.4, -0.2) is 21.3 Å². The molecule has 1 aromatic rings. The summed E-state index contributed by atoms with van der Waals surface area (Å²) in [5, 5.41) is 0.560. The Balaban J connectivity index is 3.22. The van der Waals surface area contributed by atoms with Crippen LogP contribution < -0.4 is 4.90 Å². The van der Waals surface area contributed by atoms with Gasteiger partial charge in [0.1, 0.15) is 0 Å². The number of carbonyl (C=O) groups excluding carboxylic acids is 1. The summed E-state index contributed by atoms with van der Waals surface area (Å²) < 4.78 is 6.66. The number of allylic oxidation sites excluding steroid dienone is 1. The van der Waals surface area contributed by atoms with E-state index in [1.54, 1.807) is 18.0 Å². The molecule has 0 unspecified atom stereocenters. The first-order valence-corrected chi connectivity index (χ1v) is 11.9. The van der Waals surface area contributed by atoms with E-state index in [2.05, 4.69) is 41.5 Å². The van der Waals surface area contributed by atoms with Gasteiger partial charge in [0.05, 0.1) is 22.0 Å². The molecule has 0 aromatic heterocycles. The van der Waals surface area contributed by atoms with Crippen LogP contribution in [0.5, 0.6) is 0 Å². The van der Waals surface area contributed by atoms with Gasteiger partial charge in [-0.15, -0.1) is 0 Å². The average molecular weight is 396 g/mol. The standard InChI is InChI=1S/C21H34ClNO2Si/c1-14(2)26(15(3)4,16(5)6)25-18(8)17(7)21(24)23(9)20-13-11-10-12-19(20)22/h10-16H,1-9H3. The Bertz CT molecular complexity index is 646. The zero-order valence-electron chi connectivity index (χ0n) is 17.7. The monoisotopic (exact) mass is 395 g/mol. The van der Waals surface area contributed by atoms with Gasteiger partial charge >= 0.3 is 0 Å². The normalized spacial score (nSPS) is 13.3. The number of halogens is 1. The first-order chi connectivity index (χ1) is 12.0. The molecule has 1 rings (SSSR count). The van der Waals surface area contributed by atoms with Gasteiger partial charge < -0.3 is 9.33 Å². The summed E-state index contributed by atoms with van der Waals surface area (Å²) in [6.45, 7) is 17.2. The van der Waals surface area contributed by atoms with Crippen LogP contribution in [0, 0.1) is 0 Å². The fourth-order valence-electron chi connectivity index (χ4n) is 3.93. The molecule has 0 fully saturated rings. The lowest BCUT2D eigenvalue weighted by Crippen LogP contribution is -2.47. The van der Waals surface area contributed by atoms with Crippen molar-refractivity contribution in [2.24, 2.45) is 0 Å². The van der Waals surface area contributed by atoms with E-state index in [1.165, 1.54) is 0 Å². The number of nitrogens with zero attached hydrogens (tertiary/aromatic N) is 1. The summed E-state index contributed by atoms with van der Waals surface area (Å²) in [5.74, 6) is 0.645. The largest absolute Gasteiger partial charge is 0.546 e. The molecule has 0 aliphatic rings. The SMILES string of the molecule is CC(O[Si](C(C)C)(C(C)C)C(C)C)=C(C)C(=O)N(C)c1ccccc1Cl.